The first-order valence-electron chi connectivity index (χ1n) is 11.4. The molecule has 3 aromatic carbocycles. The highest BCUT2D eigenvalue weighted by atomic mass is 16.5. The monoisotopic (exact) mass is 448 g/mol. The maximum absolute atomic E-state index is 12.5. The Labute approximate surface area is 196 Å². The topological polar surface area (TPSA) is 54.0 Å². The lowest BCUT2D eigenvalue weighted by Crippen LogP contribution is -2.07. The molecule has 5 nitrogen and oxygen atoms in total. The smallest absolute Gasteiger partial charge is 0.338 e. The number of hydrogen-bond donors (Lipinski definition) is 0. The second kappa shape index (κ2) is 12.5. The molecule has 0 spiro atoms. The molecule has 0 fully saturated rings. The summed E-state index contributed by atoms with van der Waals surface area (Å²) in [6.07, 6.45) is 4.45. The van der Waals surface area contributed by atoms with Gasteiger partial charge in [-0.05, 0) is 41.8 Å². The highest BCUT2D eigenvalue weighted by Crippen LogP contribution is 2.41. The van der Waals surface area contributed by atoms with E-state index < -0.39 is 5.97 Å². The fourth-order valence-corrected chi connectivity index (χ4v) is 3.62. The van der Waals surface area contributed by atoms with E-state index in [1.807, 2.05) is 54.6 Å². The molecule has 0 unspecified atom stereocenters. The average Bonchev–Trinajstić information content (AvgIpc) is 2.87. The number of carbonyl (C=O) groups excluding carboxylic acids is 1. The van der Waals surface area contributed by atoms with E-state index in [1.165, 1.54) is 20.0 Å². The van der Waals surface area contributed by atoms with Crippen LogP contribution in [0, 0.1) is 0 Å². The molecule has 0 atom stereocenters. The van der Waals surface area contributed by atoms with E-state index in [-0.39, 0.29) is 0 Å². The summed E-state index contributed by atoms with van der Waals surface area (Å²) >= 11 is 0. The number of rotatable bonds is 12. The highest BCUT2D eigenvalue weighted by molar-refractivity contribution is 6.00. The molecule has 0 aliphatic rings. The predicted molar refractivity (Wildman–Crippen MR) is 130 cm³/mol. The van der Waals surface area contributed by atoms with E-state index in [0.717, 1.165) is 29.7 Å². The molecule has 0 N–H and O–H groups in total. The predicted octanol–water partition coefficient (Wildman–Crippen LogP) is 6.69. The van der Waals surface area contributed by atoms with Crippen molar-refractivity contribution < 1.29 is 23.7 Å². The number of ether oxygens (including phenoxy) is 4. The van der Waals surface area contributed by atoms with Crippen molar-refractivity contribution >= 4 is 5.97 Å². The van der Waals surface area contributed by atoms with Crippen LogP contribution in [0.25, 0.3) is 11.1 Å². The molecular weight excluding hydrogens is 416 g/mol. The van der Waals surface area contributed by atoms with Gasteiger partial charge in [0.15, 0.2) is 11.5 Å². The van der Waals surface area contributed by atoms with Crippen molar-refractivity contribution in [3.8, 4) is 28.4 Å². The van der Waals surface area contributed by atoms with Gasteiger partial charge in [-0.2, -0.15) is 0 Å². The Kier molecular flexibility index (Phi) is 9.19. The van der Waals surface area contributed by atoms with Crippen LogP contribution in [0.2, 0.25) is 0 Å². The Morgan fingerprint density at radius 3 is 2.24 bits per heavy atom. The third-order valence-electron chi connectivity index (χ3n) is 5.38. The molecule has 174 valence electrons. The molecule has 0 aliphatic carbocycles. The van der Waals surface area contributed by atoms with Crippen molar-refractivity contribution in [2.75, 3.05) is 20.8 Å². The minimum Gasteiger partial charge on any atom is -0.492 e. The Morgan fingerprint density at radius 2 is 1.58 bits per heavy atom. The molecule has 5 heteroatoms. The summed E-state index contributed by atoms with van der Waals surface area (Å²) in [7, 11) is 2.96. The van der Waals surface area contributed by atoms with Gasteiger partial charge in [-0.15, -0.1) is 0 Å². The molecule has 0 amide bonds. The first kappa shape index (κ1) is 24.2. The van der Waals surface area contributed by atoms with Gasteiger partial charge in [0.1, 0.15) is 12.4 Å². The van der Waals surface area contributed by atoms with Crippen LogP contribution in [0.4, 0.5) is 0 Å². The third-order valence-corrected chi connectivity index (χ3v) is 5.38. The van der Waals surface area contributed by atoms with Crippen LogP contribution in [0.5, 0.6) is 17.2 Å². The first-order valence-corrected chi connectivity index (χ1v) is 11.4. The van der Waals surface area contributed by atoms with Crippen LogP contribution in [0.1, 0.15) is 48.5 Å². The van der Waals surface area contributed by atoms with E-state index in [4.69, 9.17) is 18.9 Å². The first-order chi connectivity index (χ1) is 16.2. The van der Waals surface area contributed by atoms with Gasteiger partial charge in [-0.3, -0.25) is 0 Å². The molecule has 0 aliphatic heterocycles. The van der Waals surface area contributed by atoms with E-state index in [2.05, 4.69) is 6.92 Å². The van der Waals surface area contributed by atoms with E-state index in [1.54, 1.807) is 19.2 Å². The Balaban J connectivity index is 1.85. The Hall–Kier alpha value is -3.47. The number of methoxy groups -OCH3 is 2. The largest absolute Gasteiger partial charge is 0.492 e. The van der Waals surface area contributed by atoms with Crippen molar-refractivity contribution in [1.82, 2.24) is 0 Å². The van der Waals surface area contributed by atoms with Gasteiger partial charge in [0, 0.05) is 5.56 Å². The number of unbranched alkanes of at least 4 members (excludes halogenated alkanes) is 3. The van der Waals surface area contributed by atoms with Crippen LogP contribution in [0.3, 0.4) is 0 Å². The zero-order valence-corrected chi connectivity index (χ0v) is 19.6. The van der Waals surface area contributed by atoms with Gasteiger partial charge in [0.05, 0.1) is 26.4 Å². The summed E-state index contributed by atoms with van der Waals surface area (Å²) in [5.74, 6) is 1.44. The van der Waals surface area contributed by atoms with Gasteiger partial charge in [-0.1, -0.05) is 68.7 Å². The van der Waals surface area contributed by atoms with Crippen LogP contribution in [-0.2, 0) is 11.3 Å². The maximum atomic E-state index is 12.5. The summed E-state index contributed by atoms with van der Waals surface area (Å²) in [5.41, 5.74) is 2.98. The van der Waals surface area contributed by atoms with Crippen molar-refractivity contribution in [1.29, 1.82) is 0 Å². The number of esters is 1. The van der Waals surface area contributed by atoms with Crippen molar-refractivity contribution in [3.05, 3.63) is 77.9 Å². The SMILES string of the molecule is CCCCCCOc1ccc(C(=O)OC)c(-c2ccc(OCc3ccccc3)cc2)c1OC. The number of benzene rings is 3. The molecule has 0 bridgehead atoms. The summed E-state index contributed by atoms with van der Waals surface area (Å²) in [6.45, 7) is 3.26. The Morgan fingerprint density at radius 1 is 0.818 bits per heavy atom. The van der Waals surface area contributed by atoms with Crippen LogP contribution >= 0.6 is 0 Å². The molecular formula is C28H32O5. The molecule has 0 saturated carbocycles. The molecule has 0 heterocycles. The quantitative estimate of drug-likeness (QED) is 0.228. The second-order valence-corrected chi connectivity index (χ2v) is 7.72. The number of hydrogen-bond acceptors (Lipinski definition) is 5. The standard InChI is InChI=1S/C28H32O5/c1-4-5-6-10-19-32-25-18-17-24(28(29)31-3)26(27(25)30-2)22-13-15-23(16-14-22)33-20-21-11-8-7-9-12-21/h7-9,11-18H,4-6,10,19-20H2,1-3H3. The van der Waals surface area contributed by atoms with Gasteiger partial charge in [0.25, 0.3) is 0 Å². The van der Waals surface area contributed by atoms with E-state index >= 15 is 0 Å². The maximum Gasteiger partial charge on any atom is 0.338 e. The van der Waals surface area contributed by atoms with Crippen LogP contribution in [0.15, 0.2) is 66.7 Å². The van der Waals surface area contributed by atoms with E-state index in [0.29, 0.717) is 35.8 Å². The zero-order valence-electron chi connectivity index (χ0n) is 19.6. The third kappa shape index (κ3) is 6.51. The molecule has 3 aromatic rings. The normalized spacial score (nSPS) is 10.5. The summed E-state index contributed by atoms with van der Waals surface area (Å²) in [4.78, 5) is 12.5. The van der Waals surface area contributed by atoms with Crippen molar-refractivity contribution in [3.63, 3.8) is 0 Å². The summed E-state index contributed by atoms with van der Waals surface area (Å²) in [6, 6.07) is 21.1. The molecule has 0 aromatic heterocycles. The van der Waals surface area contributed by atoms with Crippen LogP contribution < -0.4 is 14.2 Å². The lowest BCUT2D eigenvalue weighted by molar-refractivity contribution is 0.0601. The average molecular weight is 449 g/mol. The lowest BCUT2D eigenvalue weighted by Gasteiger charge is -2.18. The molecule has 3 rings (SSSR count). The van der Waals surface area contributed by atoms with E-state index in [9.17, 15) is 4.79 Å². The Bertz CT molecular complexity index is 1010. The van der Waals surface area contributed by atoms with Gasteiger partial charge >= 0.3 is 5.97 Å². The highest BCUT2D eigenvalue weighted by Gasteiger charge is 2.22. The lowest BCUT2D eigenvalue weighted by atomic mass is 9.97. The van der Waals surface area contributed by atoms with Gasteiger partial charge in [-0.25, -0.2) is 4.79 Å². The van der Waals surface area contributed by atoms with Gasteiger partial charge < -0.3 is 18.9 Å². The van der Waals surface area contributed by atoms with Crippen molar-refractivity contribution in [2.24, 2.45) is 0 Å². The second-order valence-electron chi connectivity index (χ2n) is 7.72. The molecule has 0 radical (unpaired) electrons. The van der Waals surface area contributed by atoms with Crippen LogP contribution in [-0.4, -0.2) is 26.8 Å². The fraction of sp³-hybridized carbons (Fsp3) is 0.321. The number of carbonyl (C=O) groups is 1. The minimum atomic E-state index is -0.429. The fourth-order valence-electron chi connectivity index (χ4n) is 3.62. The van der Waals surface area contributed by atoms with Gasteiger partial charge in [0.2, 0.25) is 0 Å². The summed E-state index contributed by atoms with van der Waals surface area (Å²) < 4.78 is 22.6. The zero-order chi connectivity index (χ0) is 23.5. The minimum absolute atomic E-state index is 0.422. The molecule has 0 saturated heterocycles. The molecule has 33 heavy (non-hydrogen) atoms. The summed E-state index contributed by atoms with van der Waals surface area (Å²) in [5, 5.41) is 0. The van der Waals surface area contributed by atoms with Crippen molar-refractivity contribution in [2.45, 2.75) is 39.2 Å².